The molecule has 0 aromatic heterocycles. The summed E-state index contributed by atoms with van der Waals surface area (Å²) in [5.74, 6) is 0. The zero-order valence-corrected chi connectivity index (χ0v) is 15.0. The molecular formula is C15H34N3P. The third-order valence-electron chi connectivity index (χ3n) is 4.08. The van der Waals surface area contributed by atoms with Crippen LogP contribution in [0.3, 0.4) is 0 Å². The van der Waals surface area contributed by atoms with Crippen LogP contribution in [0.1, 0.15) is 60.8 Å². The Bertz CT molecular complexity index is 317. The second kappa shape index (κ2) is 6.74. The molecule has 0 N–H and O–H groups in total. The third-order valence-corrected chi connectivity index (χ3v) is 9.18. The molecule has 0 radical (unpaired) electrons. The zero-order chi connectivity index (χ0) is 14.7. The summed E-state index contributed by atoms with van der Waals surface area (Å²) >= 11 is 0. The Labute approximate surface area is 120 Å². The second-order valence-electron chi connectivity index (χ2n) is 6.61. The minimum Gasteiger partial charge on any atom is -0.268 e. The van der Waals surface area contributed by atoms with Crippen LogP contribution in [0.2, 0.25) is 0 Å². The van der Waals surface area contributed by atoms with Crippen LogP contribution in [0.4, 0.5) is 0 Å². The lowest BCUT2D eigenvalue weighted by molar-refractivity contribution is 0.371. The van der Waals surface area contributed by atoms with E-state index in [9.17, 15) is 0 Å². The number of nitrogens with zero attached hydrogens (tertiary/aromatic N) is 3. The quantitative estimate of drug-likeness (QED) is 0.700. The van der Waals surface area contributed by atoms with Crippen molar-refractivity contribution in [2.75, 3.05) is 26.7 Å². The van der Waals surface area contributed by atoms with Crippen molar-refractivity contribution in [2.24, 2.45) is 4.74 Å². The molecule has 19 heavy (non-hydrogen) atoms. The highest BCUT2D eigenvalue weighted by molar-refractivity contribution is 7.62. The molecule has 0 aromatic carbocycles. The van der Waals surface area contributed by atoms with Gasteiger partial charge in [0.15, 0.2) is 0 Å². The SMILES string of the molecule is CCC1CCCN(C)P1(=NC(C)(C)C)N(CC)CC. The van der Waals surface area contributed by atoms with Crippen molar-refractivity contribution in [2.45, 2.75) is 72.0 Å². The van der Waals surface area contributed by atoms with Crippen LogP contribution in [0.5, 0.6) is 0 Å². The van der Waals surface area contributed by atoms with Gasteiger partial charge in [0.05, 0.1) is 5.54 Å². The molecule has 0 amide bonds. The van der Waals surface area contributed by atoms with E-state index in [1.807, 2.05) is 0 Å². The van der Waals surface area contributed by atoms with E-state index in [1.54, 1.807) is 0 Å². The fraction of sp³-hybridized carbons (Fsp3) is 1.00. The van der Waals surface area contributed by atoms with Crippen LogP contribution in [0, 0.1) is 0 Å². The molecule has 0 saturated carbocycles. The first-order chi connectivity index (χ1) is 8.81. The van der Waals surface area contributed by atoms with E-state index in [-0.39, 0.29) is 5.54 Å². The lowest BCUT2D eigenvalue weighted by Crippen LogP contribution is -2.40. The van der Waals surface area contributed by atoms with Gasteiger partial charge < -0.3 is 0 Å². The molecule has 0 spiro atoms. The molecule has 2 unspecified atom stereocenters. The highest BCUT2D eigenvalue weighted by atomic mass is 31.2. The summed E-state index contributed by atoms with van der Waals surface area (Å²) in [5, 5.41) is 0. The topological polar surface area (TPSA) is 18.8 Å². The number of hydrogen-bond donors (Lipinski definition) is 0. The third kappa shape index (κ3) is 3.62. The lowest BCUT2D eigenvalue weighted by atomic mass is 10.1. The summed E-state index contributed by atoms with van der Waals surface area (Å²) in [4.78, 5) is 0. The smallest absolute Gasteiger partial charge is 0.100 e. The van der Waals surface area contributed by atoms with Crippen molar-refractivity contribution in [1.29, 1.82) is 0 Å². The summed E-state index contributed by atoms with van der Waals surface area (Å²) in [5.41, 5.74) is 0.806. The number of hydrogen-bond acceptors (Lipinski definition) is 1. The molecule has 4 heteroatoms. The molecule has 3 nitrogen and oxygen atoms in total. The highest BCUT2D eigenvalue weighted by Crippen LogP contribution is 2.64. The van der Waals surface area contributed by atoms with E-state index in [1.165, 1.54) is 25.8 Å². The van der Waals surface area contributed by atoms with Crippen LogP contribution in [-0.2, 0) is 0 Å². The minimum atomic E-state index is -1.53. The molecule has 1 fully saturated rings. The van der Waals surface area contributed by atoms with Crippen LogP contribution in [0.15, 0.2) is 4.74 Å². The van der Waals surface area contributed by atoms with Gasteiger partial charge in [0, 0.05) is 25.3 Å². The predicted molar refractivity (Wildman–Crippen MR) is 88.0 cm³/mol. The second-order valence-corrected chi connectivity index (χ2v) is 10.0. The molecule has 0 bridgehead atoms. The lowest BCUT2D eigenvalue weighted by Gasteiger charge is -2.50. The minimum absolute atomic E-state index is 0.0510. The first kappa shape index (κ1) is 17.2. The maximum atomic E-state index is 5.44. The van der Waals surface area contributed by atoms with Gasteiger partial charge in [-0.25, -0.2) is 0 Å². The summed E-state index contributed by atoms with van der Waals surface area (Å²) < 4.78 is 10.7. The van der Waals surface area contributed by atoms with Gasteiger partial charge in [-0.05, 0) is 47.1 Å². The van der Waals surface area contributed by atoms with Gasteiger partial charge in [0.1, 0.15) is 7.36 Å². The molecule has 1 saturated heterocycles. The van der Waals surface area contributed by atoms with Crippen molar-refractivity contribution in [3.8, 4) is 0 Å². The van der Waals surface area contributed by atoms with Crippen molar-refractivity contribution in [1.82, 2.24) is 9.34 Å². The van der Waals surface area contributed by atoms with E-state index >= 15 is 0 Å². The van der Waals surface area contributed by atoms with E-state index in [0.717, 1.165) is 18.7 Å². The van der Waals surface area contributed by atoms with Gasteiger partial charge in [-0.15, -0.1) is 0 Å². The summed E-state index contributed by atoms with van der Waals surface area (Å²) in [6.07, 6.45) is 3.94. The maximum Gasteiger partial charge on any atom is 0.100 e. The maximum absolute atomic E-state index is 5.44. The molecule has 1 aliphatic rings. The standard InChI is InChI=1S/C15H34N3P/c1-8-14-12-11-13-17(7)19(14,16-15(4,5)6)18(9-2)10-3/h14H,8-13H2,1-7H3. The fourth-order valence-corrected chi connectivity index (χ4v) is 8.42. The average molecular weight is 287 g/mol. The Kier molecular flexibility index (Phi) is 6.10. The number of rotatable bonds is 4. The summed E-state index contributed by atoms with van der Waals surface area (Å²) in [6.45, 7) is 17.1. The fourth-order valence-electron chi connectivity index (χ4n) is 3.35. The Hall–Kier alpha value is 0.150. The van der Waals surface area contributed by atoms with Crippen LogP contribution >= 0.6 is 7.36 Å². The molecule has 1 aliphatic heterocycles. The van der Waals surface area contributed by atoms with E-state index in [4.69, 9.17) is 4.74 Å². The molecular weight excluding hydrogens is 253 g/mol. The van der Waals surface area contributed by atoms with Crippen LogP contribution < -0.4 is 0 Å². The zero-order valence-electron chi connectivity index (χ0n) is 14.1. The summed E-state index contributed by atoms with van der Waals surface area (Å²) in [7, 11) is 0.777. The van der Waals surface area contributed by atoms with E-state index in [0.29, 0.717) is 0 Å². The predicted octanol–water partition coefficient (Wildman–Crippen LogP) is 4.66. The van der Waals surface area contributed by atoms with Crippen molar-refractivity contribution in [3.05, 3.63) is 0 Å². The van der Waals surface area contributed by atoms with Gasteiger partial charge in [-0.2, -0.15) is 0 Å². The first-order valence-corrected chi connectivity index (χ1v) is 9.63. The van der Waals surface area contributed by atoms with Gasteiger partial charge in [-0.1, -0.05) is 20.8 Å². The normalized spacial score (nSPS) is 29.8. The summed E-state index contributed by atoms with van der Waals surface area (Å²) in [6, 6.07) is 0. The first-order valence-electron chi connectivity index (χ1n) is 7.92. The highest BCUT2D eigenvalue weighted by Gasteiger charge is 2.41. The molecule has 0 aliphatic carbocycles. The van der Waals surface area contributed by atoms with Crippen molar-refractivity contribution in [3.63, 3.8) is 0 Å². The van der Waals surface area contributed by atoms with E-state index in [2.05, 4.69) is 57.9 Å². The van der Waals surface area contributed by atoms with E-state index < -0.39 is 7.36 Å². The molecule has 1 heterocycles. The van der Waals surface area contributed by atoms with Gasteiger partial charge >= 0.3 is 0 Å². The Morgan fingerprint density at radius 2 is 1.79 bits per heavy atom. The van der Waals surface area contributed by atoms with Gasteiger partial charge in [0.2, 0.25) is 0 Å². The van der Waals surface area contributed by atoms with Gasteiger partial charge in [-0.3, -0.25) is 14.1 Å². The van der Waals surface area contributed by atoms with Crippen molar-refractivity contribution >= 4 is 7.36 Å². The van der Waals surface area contributed by atoms with Crippen LogP contribution in [-0.4, -0.2) is 47.2 Å². The van der Waals surface area contributed by atoms with Crippen molar-refractivity contribution < 1.29 is 0 Å². The van der Waals surface area contributed by atoms with Gasteiger partial charge in [0.25, 0.3) is 0 Å². The molecule has 0 aromatic rings. The Morgan fingerprint density at radius 3 is 2.21 bits per heavy atom. The molecule has 114 valence electrons. The molecule has 2 atom stereocenters. The monoisotopic (exact) mass is 287 g/mol. The van der Waals surface area contributed by atoms with Crippen LogP contribution in [0.25, 0.3) is 0 Å². The largest absolute Gasteiger partial charge is 0.268 e. The Morgan fingerprint density at radius 1 is 1.21 bits per heavy atom. The Balaban J connectivity index is 3.41. The molecule has 1 rings (SSSR count). The average Bonchev–Trinajstić information content (AvgIpc) is 2.32.